The molecule has 4 heterocycles. The third-order valence-corrected chi connectivity index (χ3v) is 12.6. The fraction of sp³-hybridized carbons (Fsp3) is 0.271. The number of nitrogens with zero attached hydrogens (tertiary/aromatic N) is 4. The first-order valence-electron chi connectivity index (χ1n) is 20.6. The van der Waals surface area contributed by atoms with Crippen molar-refractivity contribution in [2.75, 3.05) is 0 Å². The molecule has 56 heavy (non-hydrogen) atoms. The van der Waals surface area contributed by atoms with Crippen molar-refractivity contribution in [2.45, 2.75) is 80.0 Å². The van der Waals surface area contributed by atoms with Crippen LogP contribution in [0.4, 0.5) is 4.39 Å². The summed E-state index contributed by atoms with van der Waals surface area (Å²) in [6.45, 7) is 15.3. The van der Waals surface area contributed by atoms with Crippen LogP contribution in [0.1, 0.15) is 68.4 Å². The standard InChI is InChI=1S/C30H26N3S.C18H23FNSi.Ir/c1-30(2,3)18-22-14-15-23-24-17-21(13-16-27(24)34-29(23)31-22)28-32-25-11-7-8-12-26(25)33(28)19-20-9-5-4-6-10-20;1-12(2)15-10-17(20-11-18(15)21(4,5)6)14-8-7-13(3)9-16(14)19;/h4-12,14-17H,18-19H2,1-3H3;7,9-12H,1-6H3;/q2*-1;/i;3D3,12D;. The van der Waals surface area contributed by atoms with E-state index < -0.39 is 26.6 Å². The first-order chi connectivity index (χ1) is 27.7. The van der Waals surface area contributed by atoms with Gasteiger partial charge in [0, 0.05) is 49.8 Å². The minimum Gasteiger partial charge on any atom is -0.360 e. The molecule has 0 amide bonds. The average molecular weight is 957 g/mol. The van der Waals surface area contributed by atoms with Crippen LogP contribution in [0.25, 0.3) is 54.0 Å². The Morgan fingerprint density at radius 2 is 1.66 bits per heavy atom. The molecule has 4 aromatic carbocycles. The van der Waals surface area contributed by atoms with Gasteiger partial charge in [-0.05, 0) is 62.5 Å². The number of imidazole rings is 1. The van der Waals surface area contributed by atoms with E-state index >= 15 is 0 Å². The molecule has 0 aliphatic heterocycles. The summed E-state index contributed by atoms with van der Waals surface area (Å²) in [4.78, 5) is 15.5. The number of hydrogen-bond acceptors (Lipinski definition) is 4. The van der Waals surface area contributed by atoms with E-state index in [0.29, 0.717) is 5.69 Å². The second-order valence-corrected chi connectivity index (χ2v) is 22.7. The predicted molar refractivity (Wildman–Crippen MR) is 234 cm³/mol. The Morgan fingerprint density at radius 3 is 2.36 bits per heavy atom. The summed E-state index contributed by atoms with van der Waals surface area (Å²) >= 11 is 1.75. The van der Waals surface area contributed by atoms with Crippen LogP contribution in [-0.4, -0.2) is 27.6 Å². The van der Waals surface area contributed by atoms with Crippen molar-refractivity contribution in [3.05, 3.63) is 144 Å². The molecule has 0 saturated carbocycles. The van der Waals surface area contributed by atoms with Gasteiger partial charge in [0.1, 0.15) is 4.83 Å². The summed E-state index contributed by atoms with van der Waals surface area (Å²) in [5.74, 6) is -0.568. The normalized spacial score (nSPS) is 13.4. The minimum absolute atomic E-state index is 0. The smallest absolute Gasteiger partial charge is 0.114 e. The number of rotatable bonds is 7. The Labute approximate surface area is 355 Å². The van der Waals surface area contributed by atoms with Crippen LogP contribution in [-0.2, 0) is 33.1 Å². The molecule has 0 saturated heterocycles. The molecule has 4 aromatic heterocycles. The number of halogens is 1. The molecule has 0 aliphatic carbocycles. The van der Waals surface area contributed by atoms with E-state index in [9.17, 15) is 4.39 Å². The van der Waals surface area contributed by atoms with Crippen molar-refractivity contribution in [2.24, 2.45) is 5.41 Å². The third kappa shape index (κ3) is 9.10. The van der Waals surface area contributed by atoms with E-state index in [1.165, 1.54) is 27.1 Å². The van der Waals surface area contributed by atoms with Crippen LogP contribution in [0.5, 0.6) is 0 Å². The Morgan fingerprint density at radius 1 is 0.911 bits per heavy atom. The molecule has 8 heteroatoms. The molecular formula is C48H49FIrN4SSi-2. The van der Waals surface area contributed by atoms with Crippen LogP contribution in [0.15, 0.2) is 103 Å². The van der Waals surface area contributed by atoms with Crippen LogP contribution < -0.4 is 5.19 Å². The maximum absolute atomic E-state index is 14.5. The molecule has 0 spiro atoms. The molecule has 289 valence electrons. The number of hydrogen-bond donors (Lipinski definition) is 0. The van der Waals surface area contributed by atoms with Crippen molar-refractivity contribution >= 4 is 55.9 Å². The van der Waals surface area contributed by atoms with Gasteiger partial charge in [-0.2, -0.15) is 11.3 Å². The maximum Gasteiger partial charge on any atom is 0.114 e. The maximum atomic E-state index is 14.5. The number of thiophene rings is 1. The van der Waals surface area contributed by atoms with Crippen molar-refractivity contribution in [1.82, 2.24) is 19.5 Å². The van der Waals surface area contributed by atoms with Crippen molar-refractivity contribution in [3.8, 4) is 22.6 Å². The Bertz CT molecular complexity index is 2800. The van der Waals surface area contributed by atoms with Gasteiger partial charge < -0.3 is 9.55 Å². The van der Waals surface area contributed by atoms with E-state index in [1.54, 1.807) is 37.4 Å². The van der Waals surface area contributed by atoms with Crippen molar-refractivity contribution in [3.63, 3.8) is 0 Å². The zero-order valence-electron chi connectivity index (χ0n) is 37.1. The van der Waals surface area contributed by atoms with Gasteiger partial charge in [0.25, 0.3) is 0 Å². The number of pyridine rings is 2. The molecule has 8 aromatic rings. The second-order valence-electron chi connectivity index (χ2n) is 16.6. The minimum atomic E-state index is -2.38. The quantitative estimate of drug-likeness (QED) is 0.118. The summed E-state index contributed by atoms with van der Waals surface area (Å²) in [5, 5.41) is 3.50. The molecule has 0 fully saturated rings. The Kier molecular flexibility index (Phi) is 10.7. The van der Waals surface area contributed by atoms with Gasteiger partial charge in [-0.25, -0.2) is 4.98 Å². The third-order valence-electron chi connectivity index (χ3n) is 9.52. The van der Waals surface area contributed by atoms with Crippen molar-refractivity contribution < 1.29 is 30.0 Å². The molecule has 8 rings (SSSR count). The van der Waals surface area contributed by atoms with Crippen LogP contribution in [0.2, 0.25) is 19.6 Å². The first-order valence-corrected chi connectivity index (χ1v) is 22.9. The van der Waals surface area contributed by atoms with Gasteiger partial charge in [-0.1, -0.05) is 132 Å². The number of fused-ring (bicyclic) bond motifs is 4. The molecular weight excluding hydrogens is 904 g/mol. The summed E-state index contributed by atoms with van der Waals surface area (Å²) < 4.78 is 48.5. The predicted octanol–water partition coefficient (Wildman–Crippen LogP) is 12.6. The topological polar surface area (TPSA) is 43.6 Å². The monoisotopic (exact) mass is 957 g/mol. The van der Waals surface area contributed by atoms with Gasteiger partial charge in [0.15, 0.2) is 0 Å². The zero-order chi connectivity index (χ0) is 42.5. The largest absolute Gasteiger partial charge is 0.360 e. The van der Waals surface area contributed by atoms with Gasteiger partial charge in [-0.15, -0.1) is 47.5 Å². The SMILES string of the molecule is CC(C)(C)Cc1ccc2c(n1)sc1c[c-]c(-c3nc4ccccc4n3Cc3ccccc3)cc12.[2H]C([2H])([2H])c1c[c-]c(-c2cc(C([2H])(C)C)c([Si](C)(C)C)cn2)c(F)c1.[Ir]. The van der Waals surface area contributed by atoms with E-state index in [0.717, 1.165) is 62.7 Å². The molecule has 0 aliphatic rings. The summed E-state index contributed by atoms with van der Waals surface area (Å²) in [6.07, 6.45) is 2.70. The number of para-hydroxylation sites is 2. The molecule has 1 radical (unpaired) electrons. The van der Waals surface area contributed by atoms with Gasteiger partial charge in [0.05, 0.1) is 24.9 Å². The molecule has 0 N–H and O–H groups in total. The first kappa shape index (κ1) is 36.0. The number of aromatic nitrogens is 4. The van der Waals surface area contributed by atoms with Crippen LogP contribution in [0, 0.1) is 30.2 Å². The molecule has 4 nitrogen and oxygen atoms in total. The fourth-order valence-electron chi connectivity index (χ4n) is 6.89. The molecule has 0 atom stereocenters. The summed E-state index contributed by atoms with van der Waals surface area (Å²) in [6, 6.07) is 38.0. The van der Waals surface area contributed by atoms with Crippen LogP contribution >= 0.6 is 11.3 Å². The van der Waals surface area contributed by atoms with Gasteiger partial charge in [0.2, 0.25) is 0 Å². The Balaban J connectivity index is 0.000000208. The second kappa shape index (κ2) is 16.6. The molecule has 0 bridgehead atoms. The van der Waals surface area contributed by atoms with E-state index in [1.807, 2.05) is 6.07 Å². The van der Waals surface area contributed by atoms with Crippen LogP contribution in [0.3, 0.4) is 0 Å². The van der Waals surface area contributed by atoms with Gasteiger partial charge in [-0.3, -0.25) is 9.37 Å². The number of benzene rings is 4. The zero-order valence-corrected chi connectivity index (χ0v) is 37.3. The van der Waals surface area contributed by atoms with Gasteiger partial charge >= 0.3 is 0 Å². The fourth-order valence-corrected chi connectivity index (χ4v) is 9.52. The van der Waals surface area contributed by atoms with Crippen molar-refractivity contribution in [1.29, 1.82) is 0 Å². The number of aryl methyl sites for hydroxylation is 1. The molecule has 0 unspecified atom stereocenters. The van der Waals surface area contributed by atoms with E-state index in [-0.39, 0.29) is 36.6 Å². The summed E-state index contributed by atoms with van der Waals surface area (Å²) in [7, 11) is -1.72. The van der Waals surface area contributed by atoms with E-state index in [2.05, 4.69) is 135 Å². The average Bonchev–Trinajstić information content (AvgIpc) is 3.71. The summed E-state index contributed by atoms with van der Waals surface area (Å²) in [5.41, 5.74) is 7.01. The van der Waals surface area contributed by atoms with E-state index in [4.69, 9.17) is 15.5 Å². The Hall–Kier alpha value is -4.33.